The summed E-state index contributed by atoms with van der Waals surface area (Å²) < 4.78 is 0. The van der Waals surface area contributed by atoms with Crippen LogP contribution in [0.1, 0.15) is 49.0 Å². The molecule has 20 heavy (non-hydrogen) atoms. The number of carbonyl (C=O) groups is 2. The number of rotatable bonds is 3. The second-order valence-electron chi connectivity index (χ2n) is 6.12. The molecule has 2 fully saturated rings. The van der Waals surface area contributed by atoms with Crippen LogP contribution in [0.4, 0.5) is 0 Å². The highest BCUT2D eigenvalue weighted by atomic mass is 16.2. The zero-order chi connectivity index (χ0) is 14.2. The molecule has 0 radical (unpaired) electrons. The van der Waals surface area contributed by atoms with E-state index in [1.165, 1.54) is 0 Å². The number of nitrogens with zero attached hydrogens (tertiary/aromatic N) is 1. The van der Waals surface area contributed by atoms with Crippen LogP contribution in [0.2, 0.25) is 0 Å². The molecule has 0 aromatic carbocycles. The fourth-order valence-electron chi connectivity index (χ4n) is 3.80. The zero-order valence-electron chi connectivity index (χ0n) is 11.4. The number of primary amides is 1. The van der Waals surface area contributed by atoms with Gasteiger partial charge >= 0.3 is 0 Å². The second kappa shape index (κ2) is 4.58. The number of aromatic nitrogens is 1. The van der Waals surface area contributed by atoms with Crippen LogP contribution in [0.5, 0.6) is 0 Å². The summed E-state index contributed by atoms with van der Waals surface area (Å²) in [6.45, 7) is 0. The normalized spacial score (nSPS) is 31.8. The first kappa shape index (κ1) is 13.1. The van der Waals surface area contributed by atoms with E-state index in [1.807, 2.05) is 0 Å². The minimum atomic E-state index is -0.407. The Balaban J connectivity index is 1.78. The van der Waals surface area contributed by atoms with E-state index in [0.717, 1.165) is 32.1 Å². The van der Waals surface area contributed by atoms with Crippen molar-refractivity contribution in [3.8, 4) is 0 Å². The maximum Gasteiger partial charge on any atom is 0.270 e. The van der Waals surface area contributed by atoms with Crippen molar-refractivity contribution in [1.29, 1.82) is 0 Å². The van der Waals surface area contributed by atoms with Crippen molar-refractivity contribution in [2.24, 2.45) is 11.1 Å². The Kier molecular flexibility index (Phi) is 3.00. The quantitative estimate of drug-likeness (QED) is 0.872. The largest absolute Gasteiger partial charge is 0.369 e. The molecular formula is C15H19N3O2. The molecule has 2 aliphatic rings. The summed E-state index contributed by atoms with van der Waals surface area (Å²) in [4.78, 5) is 28.1. The molecule has 0 saturated heterocycles. The molecular weight excluding hydrogens is 254 g/mol. The number of hydrogen-bond donors (Lipinski definition) is 2. The van der Waals surface area contributed by atoms with E-state index in [4.69, 9.17) is 5.73 Å². The summed E-state index contributed by atoms with van der Waals surface area (Å²) in [5.74, 6) is -0.376. The fraction of sp³-hybridized carbons (Fsp3) is 0.533. The Labute approximate surface area is 118 Å². The zero-order valence-corrected chi connectivity index (χ0v) is 11.4. The Bertz CT molecular complexity index is 545. The first-order valence-electron chi connectivity index (χ1n) is 7.09. The second-order valence-corrected chi connectivity index (χ2v) is 6.12. The summed E-state index contributed by atoms with van der Waals surface area (Å²) in [6.07, 6.45) is 6.60. The molecule has 2 saturated carbocycles. The monoisotopic (exact) mass is 273 g/mol. The van der Waals surface area contributed by atoms with Crippen molar-refractivity contribution >= 4 is 11.8 Å². The standard InChI is InChI=1S/C15H19N3O2/c16-13(20)14-5-3-6-15(10-14,8-7-14)18-12(19)11-4-1-2-9-17-11/h1-2,4,9H,3,5-8,10H2,(H2,16,20)(H,18,19)/t14-,15+/m0/s1. The van der Waals surface area contributed by atoms with Crippen molar-refractivity contribution in [3.63, 3.8) is 0 Å². The number of fused-ring (bicyclic) bond motifs is 2. The van der Waals surface area contributed by atoms with Crippen molar-refractivity contribution in [3.05, 3.63) is 30.1 Å². The van der Waals surface area contributed by atoms with Gasteiger partial charge in [-0.25, -0.2) is 0 Å². The van der Waals surface area contributed by atoms with Crippen LogP contribution >= 0.6 is 0 Å². The summed E-state index contributed by atoms with van der Waals surface area (Å²) in [5.41, 5.74) is 5.31. The minimum Gasteiger partial charge on any atom is -0.369 e. The van der Waals surface area contributed by atoms with Gasteiger partial charge in [-0.05, 0) is 44.2 Å². The fourth-order valence-corrected chi connectivity index (χ4v) is 3.80. The van der Waals surface area contributed by atoms with Crippen molar-refractivity contribution in [1.82, 2.24) is 10.3 Å². The molecule has 2 amide bonds. The van der Waals surface area contributed by atoms with Gasteiger partial charge in [-0.2, -0.15) is 0 Å². The maximum absolute atomic E-state index is 12.3. The molecule has 2 bridgehead atoms. The molecule has 1 heterocycles. The molecule has 3 rings (SSSR count). The van der Waals surface area contributed by atoms with Gasteiger partial charge in [0.1, 0.15) is 5.69 Å². The van der Waals surface area contributed by atoms with Gasteiger partial charge in [-0.15, -0.1) is 0 Å². The van der Waals surface area contributed by atoms with Gasteiger partial charge in [0.25, 0.3) is 5.91 Å². The number of nitrogens with one attached hydrogen (secondary N) is 1. The van der Waals surface area contributed by atoms with Gasteiger partial charge < -0.3 is 11.1 Å². The average molecular weight is 273 g/mol. The van der Waals surface area contributed by atoms with Gasteiger partial charge in [0, 0.05) is 11.7 Å². The lowest BCUT2D eigenvalue weighted by Crippen LogP contribution is -2.51. The first-order valence-corrected chi connectivity index (χ1v) is 7.09. The lowest BCUT2D eigenvalue weighted by atomic mass is 9.72. The molecule has 0 unspecified atom stereocenters. The predicted molar refractivity (Wildman–Crippen MR) is 73.8 cm³/mol. The Morgan fingerprint density at radius 3 is 2.75 bits per heavy atom. The summed E-state index contributed by atoms with van der Waals surface area (Å²) >= 11 is 0. The topological polar surface area (TPSA) is 85.1 Å². The number of pyridine rings is 1. The number of hydrogen-bond acceptors (Lipinski definition) is 3. The molecule has 5 heteroatoms. The van der Waals surface area contributed by atoms with E-state index in [-0.39, 0.29) is 17.4 Å². The third kappa shape index (κ3) is 2.07. The number of nitrogens with two attached hydrogens (primary N) is 1. The van der Waals surface area contributed by atoms with Crippen LogP contribution in [0.25, 0.3) is 0 Å². The molecule has 2 aliphatic carbocycles. The van der Waals surface area contributed by atoms with Gasteiger partial charge in [0.15, 0.2) is 0 Å². The highest BCUT2D eigenvalue weighted by Crippen LogP contribution is 2.53. The van der Waals surface area contributed by atoms with Crippen LogP contribution in [-0.2, 0) is 4.79 Å². The van der Waals surface area contributed by atoms with Gasteiger partial charge in [0.05, 0.1) is 5.41 Å². The van der Waals surface area contributed by atoms with E-state index in [2.05, 4.69) is 10.3 Å². The van der Waals surface area contributed by atoms with E-state index < -0.39 is 5.41 Å². The summed E-state index contributed by atoms with van der Waals surface area (Å²) in [7, 11) is 0. The molecule has 5 nitrogen and oxygen atoms in total. The minimum absolute atomic E-state index is 0.159. The molecule has 2 atom stereocenters. The van der Waals surface area contributed by atoms with Crippen LogP contribution in [0.3, 0.4) is 0 Å². The first-order chi connectivity index (χ1) is 9.55. The molecule has 0 aliphatic heterocycles. The predicted octanol–water partition coefficient (Wildman–Crippen LogP) is 1.39. The maximum atomic E-state index is 12.3. The smallest absolute Gasteiger partial charge is 0.270 e. The lowest BCUT2D eigenvalue weighted by Gasteiger charge is -2.38. The van der Waals surface area contributed by atoms with Crippen molar-refractivity contribution < 1.29 is 9.59 Å². The molecule has 1 aromatic rings. The van der Waals surface area contributed by atoms with Crippen LogP contribution in [0, 0.1) is 5.41 Å². The highest BCUT2D eigenvalue weighted by molar-refractivity contribution is 5.93. The molecule has 3 N–H and O–H groups in total. The average Bonchev–Trinajstić information content (AvgIpc) is 2.72. The van der Waals surface area contributed by atoms with Crippen LogP contribution in [-0.4, -0.2) is 22.3 Å². The van der Waals surface area contributed by atoms with Gasteiger partial charge in [-0.3, -0.25) is 14.6 Å². The summed E-state index contributed by atoms with van der Waals surface area (Å²) in [5, 5.41) is 3.11. The SMILES string of the molecule is NC(=O)[C@@]12CCC[C@@](NC(=O)c3ccccn3)(CC1)C2. The molecule has 1 aromatic heterocycles. The highest BCUT2D eigenvalue weighted by Gasteiger charge is 2.54. The number of carbonyl (C=O) groups excluding carboxylic acids is 2. The van der Waals surface area contributed by atoms with E-state index in [0.29, 0.717) is 12.1 Å². The third-order valence-electron chi connectivity index (χ3n) is 4.87. The molecule has 0 spiro atoms. The van der Waals surface area contributed by atoms with Gasteiger partial charge in [0.2, 0.25) is 5.91 Å². The summed E-state index contributed by atoms with van der Waals surface area (Å²) in [6, 6.07) is 5.28. The third-order valence-corrected chi connectivity index (χ3v) is 4.87. The molecule has 106 valence electrons. The van der Waals surface area contributed by atoms with Crippen molar-refractivity contribution in [2.75, 3.05) is 0 Å². The van der Waals surface area contributed by atoms with E-state index in [9.17, 15) is 9.59 Å². The Morgan fingerprint density at radius 2 is 2.05 bits per heavy atom. The Hall–Kier alpha value is -1.91. The van der Waals surface area contributed by atoms with E-state index >= 15 is 0 Å². The van der Waals surface area contributed by atoms with Gasteiger partial charge in [-0.1, -0.05) is 12.5 Å². The van der Waals surface area contributed by atoms with Crippen LogP contribution in [0.15, 0.2) is 24.4 Å². The Morgan fingerprint density at radius 1 is 1.20 bits per heavy atom. The van der Waals surface area contributed by atoms with E-state index in [1.54, 1.807) is 24.4 Å². The number of amides is 2. The van der Waals surface area contributed by atoms with Crippen molar-refractivity contribution in [2.45, 2.75) is 44.1 Å². The van der Waals surface area contributed by atoms with Crippen LogP contribution < -0.4 is 11.1 Å². The lowest BCUT2D eigenvalue weighted by molar-refractivity contribution is -0.128.